The molecule has 4 heteroatoms. The number of hydrogen-bond donors (Lipinski definition) is 2. The summed E-state index contributed by atoms with van der Waals surface area (Å²) in [6.07, 6.45) is 8.77. The van der Waals surface area contributed by atoms with Gasteiger partial charge in [0.2, 0.25) is 11.8 Å². The Hall–Kier alpha value is -1.32. The van der Waals surface area contributed by atoms with E-state index in [1.54, 1.807) is 6.08 Å². The maximum Gasteiger partial charge on any atom is 0.217 e. The van der Waals surface area contributed by atoms with Crippen LogP contribution in [0.25, 0.3) is 0 Å². The first-order valence-electron chi connectivity index (χ1n) is 6.18. The van der Waals surface area contributed by atoms with Crippen LogP contribution in [0, 0.1) is 0 Å². The lowest BCUT2D eigenvalue weighted by molar-refractivity contribution is -0.119. The highest BCUT2D eigenvalue weighted by molar-refractivity contribution is 5.73. The summed E-state index contributed by atoms with van der Waals surface area (Å²) in [6.45, 7) is 5.25. The van der Waals surface area contributed by atoms with Crippen molar-refractivity contribution in [2.24, 2.45) is 11.5 Å². The van der Waals surface area contributed by atoms with E-state index in [-0.39, 0.29) is 11.8 Å². The Kier molecular flexibility index (Phi) is 15.6. The van der Waals surface area contributed by atoms with Gasteiger partial charge in [-0.3, -0.25) is 9.59 Å². The molecule has 0 aliphatic rings. The van der Waals surface area contributed by atoms with E-state index in [1.807, 2.05) is 6.92 Å². The average molecular weight is 242 g/mol. The second-order valence-electron chi connectivity index (χ2n) is 3.96. The quantitative estimate of drug-likeness (QED) is 0.480. The molecular formula is C13H26N2O2. The van der Waals surface area contributed by atoms with Crippen LogP contribution in [0.5, 0.6) is 0 Å². The van der Waals surface area contributed by atoms with Crippen LogP contribution in [-0.4, -0.2) is 11.8 Å². The Morgan fingerprint density at radius 2 is 1.12 bits per heavy atom. The molecule has 0 heterocycles. The highest BCUT2D eigenvalue weighted by Crippen LogP contribution is 2.07. The standard InChI is InChI=1S/C10H20N2O2.C3H6/c11-9(13)7-5-3-1-2-4-6-8-10(12)14;1-3-2/h1-8H2,(H2,11,13)(H2,12,14);3H,1H2,2H3. The fourth-order valence-corrected chi connectivity index (χ4v) is 1.31. The molecule has 0 rings (SSSR count). The van der Waals surface area contributed by atoms with E-state index < -0.39 is 0 Å². The Bertz CT molecular complexity index is 195. The summed E-state index contributed by atoms with van der Waals surface area (Å²) in [7, 11) is 0. The van der Waals surface area contributed by atoms with Crippen LogP contribution in [0.15, 0.2) is 12.7 Å². The van der Waals surface area contributed by atoms with Gasteiger partial charge in [-0.25, -0.2) is 0 Å². The first kappa shape index (κ1) is 18.1. The summed E-state index contributed by atoms with van der Waals surface area (Å²) >= 11 is 0. The molecule has 0 unspecified atom stereocenters. The minimum Gasteiger partial charge on any atom is -0.370 e. The Morgan fingerprint density at radius 1 is 0.882 bits per heavy atom. The van der Waals surface area contributed by atoms with Gasteiger partial charge in [0.15, 0.2) is 0 Å². The predicted octanol–water partition coefficient (Wildman–Crippen LogP) is 2.27. The largest absolute Gasteiger partial charge is 0.370 e. The molecule has 4 nitrogen and oxygen atoms in total. The number of carbonyl (C=O) groups is 2. The summed E-state index contributed by atoms with van der Waals surface area (Å²) in [4.78, 5) is 20.8. The lowest BCUT2D eigenvalue weighted by Crippen LogP contribution is -2.09. The van der Waals surface area contributed by atoms with E-state index >= 15 is 0 Å². The molecule has 0 aliphatic carbocycles. The number of rotatable bonds is 9. The maximum atomic E-state index is 10.4. The third-order valence-corrected chi connectivity index (χ3v) is 2.10. The Balaban J connectivity index is 0. The molecule has 0 aromatic rings. The normalized spacial score (nSPS) is 9.00. The fourth-order valence-electron chi connectivity index (χ4n) is 1.31. The van der Waals surface area contributed by atoms with Gasteiger partial charge in [-0.1, -0.05) is 31.8 Å². The minimum absolute atomic E-state index is 0.223. The number of nitrogens with two attached hydrogens (primary N) is 2. The molecule has 0 atom stereocenters. The van der Waals surface area contributed by atoms with Crippen LogP contribution in [0.4, 0.5) is 0 Å². The van der Waals surface area contributed by atoms with Crippen molar-refractivity contribution in [1.82, 2.24) is 0 Å². The maximum absolute atomic E-state index is 10.4. The van der Waals surface area contributed by atoms with Crippen molar-refractivity contribution in [2.45, 2.75) is 58.3 Å². The van der Waals surface area contributed by atoms with Gasteiger partial charge in [0.1, 0.15) is 0 Å². The van der Waals surface area contributed by atoms with Gasteiger partial charge in [0, 0.05) is 12.8 Å². The third kappa shape index (κ3) is 25.2. The van der Waals surface area contributed by atoms with Gasteiger partial charge in [-0.05, 0) is 19.8 Å². The summed E-state index contributed by atoms with van der Waals surface area (Å²) in [5, 5.41) is 0. The zero-order chi connectivity index (χ0) is 13.5. The van der Waals surface area contributed by atoms with Crippen molar-refractivity contribution in [2.75, 3.05) is 0 Å². The van der Waals surface area contributed by atoms with Crippen molar-refractivity contribution in [1.29, 1.82) is 0 Å². The number of unbranched alkanes of at least 4 members (excludes halogenated alkanes) is 5. The lowest BCUT2D eigenvalue weighted by Gasteiger charge is -1.99. The third-order valence-electron chi connectivity index (χ3n) is 2.10. The van der Waals surface area contributed by atoms with Crippen LogP contribution in [0.1, 0.15) is 58.3 Å². The van der Waals surface area contributed by atoms with Crippen molar-refractivity contribution < 1.29 is 9.59 Å². The van der Waals surface area contributed by atoms with Crippen molar-refractivity contribution >= 4 is 11.8 Å². The molecule has 0 fully saturated rings. The van der Waals surface area contributed by atoms with Gasteiger partial charge < -0.3 is 11.5 Å². The number of hydrogen-bond acceptors (Lipinski definition) is 2. The SMILES string of the molecule is C=CC.NC(=O)CCCCCCCCC(N)=O. The smallest absolute Gasteiger partial charge is 0.217 e. The Labute approximate surface area is 104 Å². The summed E-state index contributed by atoms with van der Waals surface area (Å²) in [6, 6.07) is 0. The van der Waals surface area contributed by atoms with Crippen LogP contribution >= 0.6 is 0 Å². The highest BCUT2D eigenvalue weighted by atomic mass is 16.1. The molecule has 2 amide bonds. The predicted molar refractivity (Wildman–Crippen MR) is 71.2 cm³/mol. The summed E-state index contributed by atoms with van der Waals surface area (Å²) in [5.74, 6) is -0.447. The van der Waals surface area contributed by atoms with Gasteiger partial charge in [0.05, 0.1) is 0 Å². The van der Waals surface area contributed by atoms with Gasteiger partial charge in [-0.15, -0.1) is 6.58 Å². The molecule has 100 valence electrons. The monoisotopic (exact) mass is 242 g/mol. The molecule has 0 saturated heterocycles. The second-order valence-corrected chi connectivity index (χ2v) is 3.96. The van der Waals surface area contributed by atoms with Crippen LogP contribution in [0.3, 0.4) is 0 Å². The molecule has 0 radical (unpaired) electrons. The molecule has 0 aromatic heterocycles. The Morgan fingerprint density at radius 3 is 1.35 bits per heavy atom. The van der Waals surface area contributed by atoms with E-state index in [0.717, 1.165) is 38.5 Å². The average Bonchev–Trinajstić information content (AvgIpc) is 2.22. The molecule has 17 heavy (non-hydrogen) atoms. The van der Waals surface area contributed by atoms with E-state index in [0.29, 0.717) is 12.8 Å². The fraction of sp³-hybridized carbons (Fsp3) is 0.692. The van der Waals surface area contributed by atoms with Gasteiger partial charge >= 0.3 is 0 Å². The van der Waals surface area contributed by atoms with E-state index in [1.165, 1.54) is 0 Å². The molecule has 4 N–H and O–H groups in total. The molecular weight excluding hydrogens is 216 g/mol. The van der Waals surface area contributed by atoms with Crippen LogP contribution < -0.4 is 11.5 Å². The summed E-state index contributed by atoms with van der Waals surface area (Å²) in [5.41, 5.74) is 10.00. The van der Waals surface area contributed by atoms with E-state index in [9.17, 15) is 9.59 Å². The van der Waals surface area contributed by atoms with Crippen LogP contribution in [-0.2, 0) is 9.59 Å². The van der Waals surface area contributed by atoms with Crippen molar-refractivity contribution in [3.05, 3.63) is 12.7 Å². The first-order valence-corrected chi connectivity index (χ1v) is 6.18. The van der Waals surface area contributed by atoms with Crippen molar-refractivity contribution in [3.63, 3.8) is 0 Å². The number of amides is 2. The topological polar surface area (TPSA) is 86.2 Å². The van der Waals surface area contributed by atoms with Crippen molar-refractivity contribution in [3.8, 4) is 0 Å². The summed E-state index contributed by atoms with van der Waals surface area (Å²) < 4.78 is 0. The highest BCUT2D eigenvalue weighted by Gasteiger charge is 1.96. The van der Waals surface area contributed by atoms with Gasteiger partial charge in [0.25, 0.3) is 0 Å². The molecule has 0 saturated carbocycles. The molecule has 0 bridgehead atoms. The molecule has 0 spiro atoms. The molecule has 0 aliphatic heterocycles. The van der Waals surface area contributed by atoms with Gasteiger partial charge in [-0.2, -0.15) is 0 Å². The zero-order valence-corrected chi connectivity index (χ0v) is 10.9. The van der Waals surface area contributed by atoms with Crippen LogP contribution in [0.2, 0.25) is 0 Å². The lowest BCUT2D eigenvalue weighted by atomic mass is 10.1. The number of primary amides is 2. The second kappa shape index (κ2) is 14.7. The number of allylic oxidation sites excluding steroid dienone is 1. The number of carbonyl (C=O) groups excluding carboxylic acids is 2. The van der Waals surface area contributed by atoms with E-state index in [2.05, 4.69) is 6.58 Å². The zero-order valence-electron chi connectivity index (χ0n) is 10.9. The first-order chi connectivity index (χ1) is 8.04. The van der Waals surface area contributed by atoms with E-state index in [4.69, 9.17) is 11.5 Å². The minimum atomic E-state index is -0.223. The molecule has 0 aromatic carbocycles.